The van der Waals surface area contributed by atoms with E-state index in [0.29, 0.717) is 5.78 Å². The average molecular weight is 219 g/mol. The van der Waals surface area contributed by atoms with Crippen molar-refractivity contribution in [3.8, 4) is 0 Å². The predicted molar refractivity (Wildman–Crippen MR) is 61.3 cm³/mol. The Bertz CT molecular complexity index is 514. The highest BCUT2D eigenvalue weighted by molar-refractivity contribution is 5.56. The number of rotatable bonds is 3. The van der Waals surface area contributed by atoms with Crippen molar-refractivity contribution < 1.29 is 0 Å². The highest BCUT2D eigenvalue weighted by Gasteiger charge is 2.03. The number of aromatic nitrogens is 4. The molecule has 7 heteroatoms. The molecule has 0 spiro atoms. The van der Waals surface area contributed by atoms with E-state index in [9.17, 15) is 0 Å². The van der Waals surface area contributed by atoms with Crippen LogP contribution in [-0.2, 0) is 0 Å². The molecule has 0 radical (unpaired) electrons. The normalized spacial score (nSPS) is 11.2. The Kier molecular flexibility index (Phi) is 2.67. The highest BCUT2D eigenvalue weighted by Crippen LogP contribution is 2.09. The predicted octanol–water partition coefficient (Wildman–Crippen LogP) is 0.350. The van der Waals surface area contributed by atoms with Gasteiger partial charge < -0.3 is 4.90 Å². The van der Waals surface area contributed by atoms with Crippen molar-refractivity contribution in [1.82, 2.24) is 24.5 Å². The molecule has 0 aliphatic rings. The lowest BCUT2D eigenvalue weighted by Crippen LogP contribution is -2.10. The van der Waals surface area contributed by atoms with Gasteiger partial charge in [-0.15, -0.1) is 0 Å². The maximum absolute atomic E-state index is 4.23. The molecule has 7 nitrogen and oxygen atoms in total. The first kappa shape index (κ1) is 10.3. The summed E-state index contributed by atoms with van der Waals surface area (Å²) in [5.74, 6) is 1.29. The SMILES string of the molecule is Cc1cc(N/N=C\N(C)C)n2ncnc2n1. The molecule has 0 amide bonds. The van der Waals surface area contributed by atoms with Gasteiger partial charge in [-0.1, -0.05) is 0 Å². The lowest BCUT2D eigenvalue weighted by Gasteiger charge is -2.05. The van der Waals surface area contributed by atoms with Crippen LogP contribution in [0.4, 0.5) is 5.82 Å². The van der Waals surface area contributed by atoms with Crippen molar-refractivity contribution in [1.29, 1.82) is 0 Å². The molecular formula is C9H13N7. The van der Waals surface area contributed by atoms with E-state index in [-0.39, 0.29) is 0 Å². The van der Waals surface area contributed by atoms with Crippen molar-refractivity contribution in [2.45, 2.75) is 6.92 Å². The number of fused-ring (bicyclic) bond motifs is 1. The summed E-state index contributed by atoms with van der Waals surface area (Å²) in [6.45, 7) is 1.90. The number of hydrazone groups is 1. The van der Waals surface area contributed by atoms with E-state index in [4.69, 9.17) is 0 Å². The molecule has 0 atom stereocenters. The van der Waals surface area contributed by atoms with Crippen molar-refractivity contribution in [2.75, 3.05) is 19.5 Å². The first-order chi connectivity index (χ1) is 7.66. The van der Waals surface area contributed by atoms with Crippen LogP contribution < -0.4 is 5.43 Å². The highest BCUT2D eigenvalue weighted by atomic mass is 15.4. The van der Waals surface area contributed by atoms with E-state index >= 15 is 0 Å². The number of hydrogen-bond acceptors (Lipinski definition) is 5. The molecule has 84 valence electrons. The fourth-order valence-corrected chi connectivity index (χ4v) is 1.22. The third kappa shape index (κ3) is 2.08. The molecule has 0 saturated heterocycles. The number of anilines is 1. The molecule has 0 aliphatic heterocycles. The summed E-state index contributed by atoms with van der Waals surface area (Å²) in [5, 5.41) is 8.10. The number of nitrogens with one attached hydrogen (secondary N) is 1. The Morgan fingerprint density at radius 2 is 2.31 bits per heavy atom. The lowest BCUT2D eigenvalue weighted by molar-refractivity contribution is 0.641. The van der Waals surface area contributed by atoms with Crippen LogP contribution in [0.2, 0.25) is 0 Å². The second-order valence-corrected chi connectivity index (χ2v) is 3.57. The zero-order chi connectivity index (χ0) is 11.5. The van der Waals surface area contributed by atoms with Crippen molar-refractivity contribution >= 4 is 17.9 Å². The van der Waals surface area contributed by atoms with Gasteiger partial charge in [-0.2, -0.15) is 19.7 Å². The van der Waals surface area contributed by atoms with Gasteiger partial charge >= 0.3 is 0 Å². The number of hydrogen-bond donors (Lipinski definition) is 1. The van der Waals surface area contributed by atoms with Gasteiger partial charge in [0, 0.05) is 25.9 Å². The van der Waals surface area contributed by atoms with Gasteiger partial charge in [-0.25, -0.2) is 4.98 Å². The van der Waals surface area contributed by atoms with E-state index in [1.54, 1.807) is 10.9 Å². The van der Waals surface area contributed by atoms with Crippen molar-refractivity contribution in [3.63, 3.8) is 0 Å². The smallest absolute Gasteiger partial charge is 0.254 e. The minimum atomic E-state index is 0.558. The second kappa shape index (κ2) is 4.13. The summed E-state index contributed by atoms with van der Waals surface area (Å²) in [5.41, 5.74) is 3.76. The average Bonchev–Trinajstić information content (AvgIpc) is 2.64. The van der Waals surface area contributed by atoms with Crippen LogP contribution in [0.3, 0.4) is 0 Å². The number of nitrogens with zero attached hydrogens (tertiary/aromatic N) is 6. The quantitative estimate of drug-likeness (QED) is 0.458. The standard InChI is InChI=1S/C9H13N7/c1-7-4-8(14-11-6-15(2)3)16-9(13-7)10-5-12-16/h4-6,14H,1-3H3/b11-6-. The monoisotopic (exact) mass is 219 g/mol. The fraction of sp³-hybridized carbons (Fsp3) is 0.333. The molecule has 2 rings (SSSR count). The Labute approximate surface area is 92.8 Å². The van der Waals surface area contributed by atoms with Gasteiger partial charge in [-0.05, 0) is 6.92 Å². The summed E-state index contributed by atoms with van der Waals surface area (Å²) >= 11 is 0. The zero-order valence-electron chi connectivity index (χ0n) is 9.42. The topological polar surface area (TPSA) is 70.7 Å². The second-order valence-electron chi connectivity index (χ2n) is 3.57. The Hall–Kier alpha value is -2.18. The molecule has 0 bridgehead atoms. The minimum Gasteiger partial charge on any atom is -0.367 e. The molecular weight excluding hydrogens is 206 g/mol. The largest absolute Gasteiger partial charge is 0.367 e. The summed E-state index contributed by atoms with van der Waals surface area (Å²) in [7, 11) is 3.79. The molecule has 16 heavy (non-hydrogen) atoms. The maximum atomic E-state index is 4.23. The summed E-state index contributed by atoms with van der Waals surface area (Å²) in [6, 6.07) is 1.86. The van der Waals surface area contributed by atoms with Crippen LogP contribution in [-0.4, -0.2) is 44.9 Å². The first-order valence-corrected chi connectivity index (χ1v) is 4.80. The van der Waals surface area contributed by atoms with Crippen LogP contribution >= 0.6 is 0 Å². The van der Waals surface area contributed by atoms with Gasteiger partial charge in [0.2, 0.25) is 0 Å². The van der Waals surface area contributed by atoms with Gasteiger partial charge in [0.25, 0.3) is 5.78 Å². The number of aryl methyl sites for hydroxylation is 1. The van der Waals surface area contributed by atoms with Crippen LogP contribution in [0.5, 0.6) is 0 Å². The van der Waals surface area contributed by atoms with E-state index in [0.717, 1.165) is 11.5 Å². The maximum Gasteiger partial charge on any atom is 0.254 e. The molecule has 2 heterocycles. The Morgan fingerprint density at radius 1 is 1.50 bits per heavy atom. The van der Waals surface area contributed by atoms with E-state index in [1.807, 2.05) is 32.0 Å². The third-order valence-corrected chi connectivity index (χ3v) is 1.85. The molecule has 0 fully saturated rings. The Morgan fingerprint density at radius 3 is 3.06 bits per heavy atom. The van der Waals surface area contributed by atoms with Crippen LogP contribution in [0.25, 0.3) is 5.78 Å². The molecule has 0 unspecified atom stereocenters. The Balaban J connectivity index is 2.32. The first-order valence-electron chi connectivity index (χ1n) is 4.80. The summed E-state index contributed by atoms with van der Waals surface area (Å²) in [6.07, 6.45) is 3.13. The van der Waals surface area contributed by atoms with Gasteiger partial charge in [-0.3, -0.25) is 5.43 Å². The fourth-order valence-electron chi connectivity index (χ4n) is 1.22. The molecule has 2 aromatic heterocycles. The lowest BCUT2D eigenvalue weighted by atomic mass is 10.4. The van der Waals surface area contributed by atoms with Crippen LogP contribution in [0, 0.1) is 6.92 Å². The summed E-state index contributed by atoms with van der Waals surface area (Å²) in [4.78, 5) is 10.1. The zero-order valence-corrected chi connectivity index (χ0v) is 9.42. The third-order valence-electron chi connectivity index (χ3n) is 1.85. The van der Waals surface area contributed by atoms with E-state index in [1.165, 1.54) is 6.33 Å². The summed E-state index contributed by atoms with van der Waals surface area (Å²) < 4.78 is 1.60. The van der Waals surface area contributed by atoms with Crippen molar-refractivity contribution in [2.24, 2.45) is 5.10 Å². The van der Waals surface area contributed by atoms with Gasteiger partial charge in [0.05, 0.1) is 0 Å². The molecule has 0 aliphatic carbocycles. The van der Waals surface area contributed by atoms with Crippen molar-refractivity contribution in [3.05, 3.63) is 18.1 Å². The van der Waals surface area contributed by atoms with E-state index in [2.05, 4.69) is 25.6 Å². The molecule has 1 N–H and O–H groups in total. The van der Waals surface area contributed by atoms with Gasteiger partial charge in [0.15, 0.2) is 5.82 Å². The molecule has 0 saturated carbocycles. The molecule has 0 aromatic carbocycles. The minimum absolute atomic E-state index is 0.558. The van der Waals surface area contributed by atoms with Gasteiger partial charge in [0.1, 0.15) is 12.7 Å². The van der Waals surface area contributed by atoms with Crippen LogP contribution in [0.15, 0.2) is 17.5 Å². The van der Waals surface area contributed by atoms with E-state index < -0.39 is 0 Å². The molecule has 2 aromatic rings. The van der Waals surface area contributed by atoms with Crippen LogP contribution in [0.1, 0.15) is 5.69 Å².